The fourth-order valence-electron chi connectivity index (χ4n) is 4.05. The van der Waals surface area contributed by atoms with Gasteiger partial charge in [0.05, 0.1) is 5.41 Å². The lowest BCUT2D eigenvalue weighted by atomic mass is 9.81. The largest absolute Gasteiger partial charge is 0.481 e. The Bertz CT molecular complexity index is 454. The van der Waals surface area contributed by atoms with Crippen molar-refractivity contribution < 1.29 is 19.8 Å². The number of rotatable bonds is 21. The van der Waals surface area contributed by atoms with Crippen LogP contribution in [-0.4, -0.2) is 22.2 Å². The summed E-state index contributed by atoms with van der Waals surface area (Å²) in [7, 11) is 0. The lowest BCUT2D eigenvalue weighted by molar-refractivity contribution is -0.147. The number of carboxylic acids is 2. The van der Waals surface area contributed by atoms with Crippen LogP contribution in [0.25, 0.3) is 0 Å². The summed E-state index contributed by atoms with van der Waals surface area (Å²) in [6.45, 7) is 8.46. The highest BCUT2D eigenvalue weighted by Gasteiger charge is 2.25. The first-order valence-corrected chi connectivity index (χ1v) is 12.5. The molecule has 0 rings (SSSR count). The molecule has 0 bridgehead atoms. The molecule has 0 aliphatic carbocycles. The fraction of sp³-hybridized carbons (Fsp3) is 0.923. The molecular weight excluding hydrogens is 376 g/mol. The summed E-state index contributed by atoms with van der Waals surface area (Å²) >= 11 is 0. The van der Waals surface area contributed by atoms with Gasteiger partial charge in [-0.2, -0.15) is 0 Å². The van der Waals surface area contributed by atoms with Gasteiger partial charge in [-0.3, -0.25) is 9.59 Å². The highest BCUT2D eigenvalue weighted by molar-refractivity contribution is 5.73. The molecule has 0 aliphatic rings. The molecule has 178 valence electrons. The smallest absolute Gasteiger partial charge is 0.309 e. The summed E-state index contributed by atoms with van der Waals surface area (Å²) in [6, 6.07) is 0. The Balaban J connectivity index is 3.49. The van der Waals surface area contributed by atoms with E-state index in [-0.39, 0.29) is 0 Å². The Hall–Kier alpha value is -1.06. The van der Waals surface area contributed by atoms with Crippen LogP contribution in [0.4, 0.5) is 0 Å². The Labute approximate surface area is 186 Å². The summed E-state index contributed by atoms with van der Waals surface area (Å²) in [5.74, 6) is -1.35. The number of aliphatic carboxylic acids is 2. The molecule has 0 fully saturated rings. The number of carboxylic acid groups (broad SMARTS) is 2. The van der Waals surface area contributed by atoms with Crippen molar-refractivity contribution in [1.29, 1.82) is 0 Å². The number of carbonyl (C=O) groups is 2. The molecule has 0 aliphatic heterocycles. The minimum absolute atomic E-state index is 0.320. The summed E-state index contributed by atoms with van der Waals surface area (Å²) in [6.07, 6.45) is 20.6. The van der Waals surface area contributed by atoms with E-state index in [0.29, 0.717) is 11.8 Å². The third-order valence-electron chi connectivity index (χ3n) is 6.48. The van der Waals surface area contributed by atoms with Gasteiger partial charge in [0, 0.05) is 6.42 Å². The monoisotopic (exact) mass is 426 g/mol. The number of unbranched alkanes of at least 4 members (excludes halogenated alkanes) is 12. The van der Waals surface area contributed by atoms with Crippen molar-refractivity contribution in [2.75, 3.05) is 0 Å². The zero-order chi connectivity index (χ0) is 22.9. The van der Waals surface area contributed by atoms with Crippen molar-refractivity contribution in [3.63, 3.8) is 0 Å². The van der Waals surface area contributed by atoms with Gasteiger partial charge < -0.3 is 10.2 Å². The van der Waals surface area contributed by atoms with Crippen LogP contribution in [0.3, 0.4) is 0 Å². The minimum Gasteiger partial charge on any atom is -0.481 e. The van der Waals surface area contributed by atoms with Gasteiger partial charge in [-0.1, -0.05) is 97.3 Å². The van der Waals surface area contributed by atoms with E-state index < -0.39 is 17.4 Å². The molecule has 0 amide bonds. The summed E-state index contributed by atoms with van der Waals surface area (Å²) in [4.78, 5) is 21.6. The molecule has 2 N–H and O–H groups in total. The first-order chi connectivity index (χ1) is 14.1. The zero-order valence-electron chi connectivity index (χ0n) is 20.4. The third kappa shape index (κ3) is 17.8. The van der Waals surface area contributed by atoms with Gasteiger partial charge in [-0.25, -0.2) is 0 Å². The van der Waals surface area contributed by atoms with E-state index in [1.807, 2.05) is 13.8 Å². The second-order valence-corrected chi connectivity index (χ2v) is 10.7. The van der Waals surface area contributed by atoms with Gasteiger partial charge in [-0.05, 0) is 44.9 Å². The van der Waals surface area contributed by atoms with E-state index in [0.717, 1.165) is 32.1 Å². The molecule has 4 heteroatoms. The van der Waals surface area contributed by atoms with Crippen LogP contribution < -0.4 is 0 Å². The quantitative estimate of drug-likeness (QED) is 0.181. The molecule has 0 radical (unpaired) electrons. The van der Waals surface area contributed by atoms with Crippen molar-refractivity contribution in [1.82, 2.24) is 0 Å². The van der Waals surface area contributed by atoms with Crippen molar-refractivity contribution in [3.05, 3.63) is 0 Å². The van der Waals surface area contributed by atoms with E-state index in [4.69, 9.17) is 10.2 Å². The molecule has 0 spiro atoms. The average Bonchev–Trinajstić information content (AvgIpc) is 2.64. The maximum Gasteiger partial charge on any atom is 0.309 e. The Kier molecular flexibility index (Phi) is 16.0. The van der Waals surface area contributed by atoms with Gasteiger partial charge in [0.15, 0.2) is 0 Å². The molecule has 0 aromatic heterocycles. The van der Waals surface area contributed by atoms with E-state index >= 15 is 0 Å². The van der Waals surface area contributed by atoms with Crippen LogP contribution in [-0.2, 0) is 9.59 Å². The van der Waals surface area contributed by atoms with Crippen LogP contribution in [0.1, 0.15) is 143 Å². The molecule has 0 aromatic rings. The van der Waals surface area contributed by atoms with Crippen LogP contribution in [0, 0.1) is 10.8 Å². The molecule has 0 atom stereocenters. The summed E-state index contributed by atoms with van der Waals surface area (Å²) in [5, 5.41) is 17.7. The van der Waals surface area contributed by atoms with E-state index in [1.54, 1.807) is 0 Å². The van der Waals surface area contributed by atoms with Gasteiger partial charge >= 0.3 is 11.9 Å². The second-order valence-electron chi connectivity index (χ2n) is 10.7. The molecule has 0 aromatic carbocycles. The van der Waals surface area contributed by atoms with Gasteiger partial charge in [0.2, 0.25) is 0 Å². The lowest BCUT2D eigenvalue weighted by Gasteiger charge is -2.24. The van der Waals surface area contributed by atoms with Crippen molar-refractivity contribution in [2.45, 2.75) is 143 Å². The molecule has 0 heterocycles. The zero-order valence-corrected chi connectivity index (χ0v) is 20.4. The number of hydrogen-bond donors (Lipinski definition) is 2. The number of hydrogen-bond acceptors (Lipinski definition) is 2. The fourth-order valence-corrected chi connectivity index (χ4v) is 4.05. The second kappa shape index (κ2) is 16.6. The summed E-state index contributed by atoms with van der Waals surface area (Å²) in [5.41, 5.74) is -0.131. The predicted molar refractivity (Wildman–Crippen MR) is 126 cm³/mol. The predicted octanol–water partition coefficient (Wildman–Crippen LogP) is 8.23. The van der Waals surface area contributed by atoms with Gasteiger partial charge in [0.25, 0.3) is 0 Å². The van der Waals surface area contributed by atoms with Crippen LogP contribution in [0.15, 0.2) is 0 Å². The molecule has 0 saturated carbocycles. The van der Waals surface area contributed by atoms with Crippen molar-refractivity contribution in [2.24, 2.45) is 10.8 Å². The third-order valence-corrected chi connectivity index (χ3v) is 6.48. The standard InChI is InChI=1S/C26H50O4/c1-25(2,20-16-12-8-6-5-7-11-15-19-23(27)28)21-17-13-9-10-14-18-22-26(3,4)24(29)30/h5-22H2,1-4H3,(H,27,28)(H,29,30). The first-order valence-electron chi connectivity index (χ1n) is 12.5. The Morgan fingerprint density at radius 1 is 0.533 bits per heavy atom. The van der Waals surface area contributed by atoms with Gasteiger partial charge in [0.1, 0.15) is 0 Å². The minimum atomic E-state index is -0.683. The van der Waals surface area contributed by atoms with Crippen LogP contribution in [0.5, 0.6) is 0 Å². The molecule has 4 nitrogen and oxygen atoms in total. The van der Waals surface area contributed by atoms with Crippen molar-refractivity contribution >= 4 is 11.9 Å². The van der Waals surface area contributed by atoms with E-state index in [2.05, 4.69) is 13.8 Å². The topological polar surface area (TPSA) is 74.6 Å². The lowest BCUT2D eigenvalue weighted by Crippen LogP contribution is -2.23. The van der Waals surface area contributed by atoms with Crippen molar-refractivity contribution in [3.8, 4) is 0 Å². The maximum atomic E-state index is 11.1. The average molecular weight is 427 g/mol. The van der Waals surface area contributed by atoms with E-state index in [9.17, 15) is 9.59 Å². The maximum absolute atomic E-state index is 11.1. The molecule has 0 saturated heterocycles. The van der Waals surface area contributed by atoms with Gasteiger partial charge in [-0.15, -0.1) is 0 Å². The van der Waals surface area contributed by atoms with Crippen LogP contribution in [0.2, 0.25) is 0 Å². The summed E-state index contributed by atoms with van der Waals surface area (Å²) < 4.78 is 0. The molecule has 30 heavy (non-hydrogen) atoms. The SMILES string of the molecule is CC(C)(CCCCCCCCCCC(=O)O)CCCCCCCCC(C)(C)C(=O)O. The first kappa shape index (κ1) is 28.9. The highest BCUT2D eigenvalue weighted by atomic mass is 16.4. The molecule has 0 unspecified atom stereocenters. The normalized spacial score (nSPS) is 12.3. The molecular formula is C26H50O4. The Morgan fingerprint density at radius 2 is 0.867 bits per heavy atom. The van der Waals surface area contributed by atoms with Crippen LogP contribution >= 0.6 is 0 Å². The highest BCUT2D eigenvalue weighted by Crippen LogP contribution is 2.31. The van der Waals surface area contributed by atoms with E-state index in [1.165, 1.54) is 77.0 Å². The Morgan fingerprint density at radius 3 is 1.23 bits per heavy atom.